The number of para-hydroxylation sites is 1. The average molecular weight is 285 g/mol. The summed E-state index contributed by atoms with van der Waals surface area (Å²) in [5.41, 5.74) is 2.81. The topological polar surface area (TPSA) is 42.4 Å². The Labute approximate surface area is 121 Å². The molecule has 0 aliphatic carbocycles. The van der Waals surface area contributed by atoms with E-state index in [4.69, 9.17) is 4.74 Å². The smallest absolute Gasteiger partial charge is 0.122 e. The van der Waals surface area contributed by atoms with Gasteiger partial charge in [0.25, 0.3) is 0 Å². The average Bonchev–Trinajstić information content (AvgIpc) is 2.95. The highest BCUT2D eigenvalue weighted by Gasteiger charge is 2.13. The van der Waals surface area contributed by atoms with Gasteiger partial charge in [0.05, 0.1) is 23.4 Å². The fourth-order valence-electron chi connectivity index (χ4n) is 2.24. The molecular weight excluding hydrogens is 270 g/mol. The van der Waals surface area contributed by atoms with Crippen molar-refractivity contribution in [1.82, 2.24) is 4.98 Å². The van der Waals surface area contributed by atoms with Crippen LogP contribution in [0.25, 0.3) is 10.2 Å². The van der Waals surface area contributed by atoms with Crippen molar-refractivity contribution in [2.75, 3.05) is 7.11 Å². The van der Waals surface area contributed by atoms with Crippen molar-refractivity contribution in [3.05, 3.63) is 59.1 Å². The van der Waals surface area contributed by atoms with Crippen LogP contribution in [0.2, 0.25) is 0 Å². The maximum Gasteiger partial charge on any atom is 0.122 e. The number of aromatic nitrogens is 1. The number of benzene rings is 1. The van der Waals surface area contributed by atoms with Gasteiger partial charge in [0, 0.05) is 18.2 Å². The van der Waals surface area contributed by atoms with E-state index < -0.39 is 6.10 Å². The van der Waals surface area contributed by atoms with Gasteiger partial charge in [-0.05, 0) is 29.1 Å². The number of hydrogen-bond donors (Lipinski definition) is 1. The number of rotatable bonds is 4. The van der Waals surface area contributed by atoms with Crippen LogP contribution >= 0.6 is 11.3 Å². The first kappa shape index (κ1) is 13.1. The molecule has 0 saturated carbocycles. The van der Waals surface area contributed by atoms with Gasteiger partial charge in [-0.2, -0.15) is 0 Å². The highest BCUT2D eigenvalue weighted by atomic mass is 32.1. The second kappa shape index (κ2) is 5.61. The van der Waals surface area contributed by atoms with Gasteiger partial charge in [0.2, 0.25) is 0 Å². The molecular formula is C16H15NO2S. The number of aliphatic hydroxyl groups excluding tert-OH is 1. The number of pyridine rings is 1. The Morgan fingerprint density at radius 3 is 3.00 bits per heavy atom. The Hall–Kier alpha value is -1.91. The van der Waals surface area contributed by atoms with Crippen LogP contribution in [-0.4, -0.2) is 17.2 Å². The summed E-state index contributed by atoms with van der Waals surface area (Å²) < 4.78 is 6.41. The fraction of sp³-hybridized carbons (Fsp3) is 0.188. The quantitative estimate of drug-likeness (QED) is 0.796. The van der Waals surface area contributed by atoms with Gasteiger partial charge >= 0.3 is 0 Å². The van der Waals surface area contributed by atoms with E-state index in [0.29, 0.717) is 6.42 Å². The van der Waals surface area contributed by atoms with Crippen molar-refractivity contribution < 1.29 is 9.84 Å². The Balaban J connectivity index is 1.86. The molecule has 2 heterocycles. The van der Waals surface area contributed by atoms with Gasteiger partial charge in [-0.25, -0.2) is 0 Å². The minimum Gasteiger partial charge on any atom is -0.496 e. The molecule has 3 nitrogen and oxygen atoms in total. The van der Waals surface area contributed by atoms with Crippen molar-refractivity contribution in [3.63, 3.8) is 0 Å². The van der Waals surface area contributed by atoms with E-state index in [-0.39, 0.29) is 0 Å². The zero-order chi connectivity index (χ0) is 13.9. The normalized spacial score (nSPS) is 12.5. The predicted molar refractivity (Wildman–Crippen MR) is 81.3 cm³/mol. The third-order valence-corrected chi connectivity index (χ3v) is 4.17. The van der Waals surface area contributed by atoms with Crippen molar-refractivity contribution in [3.8, 4) is 5.75 Å². The summed E-state index contributed by atoms with van der Waals surface area (Å²) in [7, 11) is 1.64. The molecule has 0 amide bonds. The lowest BCUT2D eigenvalue weighted by Gasteiger charge is -2.13. The van der Waals surface area contributed by atoms with Gasteiger partial charge in [0.1, 0.15) is 5.75 Å². The summed E-state index contributed by atoms with van der Waals surface area (Å²) in [4.78, 5) is 4.37. The zero-order valence-electron chi connectivity index (χ0n) is 11.1. The van der Waals surface area contributed by atoms with Gasteiger partial charge in [-0.15, -0.1) is 11.3 Å². The molecule has 3 aromatic rings. The summed E-state index contributed by atoms with van der Waals surface area (Å²) in [5.74, 6) is 0.803. The van der Waals surface area contributed by atoms with Crippen LogP contribution in [0.3, 0.4) is 0 Å². The molecule has 0 aliphatic heterocycles. The second-order valence-electron chi connectivity index (χ2n) is 4.60. The first-order valence-electron chi connectivity index (χ1n) is 6.41. The van der Waals surface area contributed by atoms with Crippen molar-refractivity contribution in [2.45, 2.75) is 12.5 Å². The SMILES string of the molecule is COc1ccccc1CC(O)c1cnc2ccsc2c1. The molecule has 1 N–H and O–H groups in total. The molecule has 20 heavy (non-hydrogen) atoms. The van der Waals surface area contributed by atoms with Crippen molar-refractivity contribution in [2.24, 2.45) is 0 Å². The molecule has 0 aliphatic rings. The Kier molecular flexibility index (Phi) is 3.67. The predicted octanol–water partition coefficient (Wildman–Crippen LogP) is 3.58. The lowest BCUT2D eigenvalue weighted by Crippen LogP contribution is -2.03. The molecule has 0 spiro atoms. The molecule has 102 valence electrons. The largest absolute Gasteiger partial charge is 0.496 e. The van der Waals surface area contributed by atoms with Crippen molar-refractivity contribution >= 4 is 21.6 Å². The highest BCUT2D eigenvalue weighted by Crippen LogP contribution is 2.27. The Morgan fingerprint density at radius 2 is 2.15 bits per heavy atom. The molecule has 0 saturated heterocycles. The summed E-state index contributed by atoms with van der Waals surface area (Å²) in [6, 6.07) is 11.7. The van der Waals surface area contributed by atoms with E-state index in [2.05, 4.69) is 4.98 Å². The molecule has 1 aromatic carbocycles. The summed E-state index contributed by atoms with van der Waals surface area (Å²) >= 11 is 1.63. The zero-order valence-corrected chi connectivity index (χ0v) is 11.9. The Morgan fingerprint density at radius 1 is 1.30 bits per heavy atom. The number of methoxy groups -OCH3 is 1. The molecule has 1 unspecified atom stereocenters. The van der Waals surface area contributed by atoms with E-state index in [9.17, 15) is 5.11 Å². The maximum atomic E-state index is 10.4. The van der Waals surface area contributed by atoms with E-state index >= 15 is 0 Å². The van der Waals surface area contributed by atoms with Crippen LogP contribution in [0.5, 0.6) is 5.75 Å². The second-order valence-corrected chi connectivity index (χ2v) is 5.55. The van der Waals surface area contributed by atoms with Gasteiger partial charge in [-0.3, -0.25) is 4.98 Å². The molecule has 1 atom stereocenters. The first-order valence-corrected chi connectivity index (χ1v) is 7.29. The number of fused-ring (bicyclic) bond motifs is 1. The lowest BCUT2D eigenvalue weighted by atomic mass is 10.0. The standard InChI is InChI=1S/C16H15NO2S/c1-19-15-5-3-2-4-11(15)8-14(18)12-9-16-13(17-10-12)6-7-20-16/h2-7,9-10,14,18H,8H2,1H3. The highest BCUT2D eigenvalue weighted by molar-refractivity contribution is 7.17. The molecule has 0 bridgehead atoms. The Bertz CT molecular complexity index is 723. The van der Waals surface area contributed by atoms with Crippen molar-refractivity contribution in [1.29, 1.82) is 0 Å². The summed E-state index contributed by atoms with van der Waals surface area (Å²) in [6.07, 6.45) is 1.68. The third-order valence-electron chi connectivity index (χ3n) is 3.31. The van der Waals surface area contributed by atoms with Gasteiger partial charge in [-0.1, -0.05) is 18.2 Å². The minimum absolute atomic E-state index is 0.516. The van der Waals surface area contributed by atoms with Crippen LogP contribution in [-0.2, 0) is 6.42 Å². The van der Waals surface area contributed by atoms with Crippen LogP contribution in [0, 0.1) is 0 Å². The fourth-order valence-corrected chi connectivity index (χ4v) is 3.03. The molecule has 2 aromatic heterocycles. The number of ether oxygens (including phenoxy) is 1. The number of aliphatic hydroxyl groups is 1. The molecule has 0 radical (unpaired) electrons. The van der Waals surface area contributed by atoms with E-state index in [1.807, 2.05) is 41.8 Å². The molecule has 3 rings (SSSR count). The summed E-state index contributed by atoms with van der Waals surface area (Å²) in [5, 5.41) is 12.4. The van der Waals surface area contributed by atoms with Crippen LogP contribution in [0.15, 0.2) is 48.0 Å². The van der Waals surface area contributed by atoms with Crippen LogP contribution in [0.1, 0.15) is 17.2 Å². The first-order chi connectivity index (χ1) is 9.78. The van der Waals surface area contributed by atoms with Crippen LogP contribution < -0.4 is 4.74 Å². The maximum absolute atomic E-state index is 10.4. The minimum atomic E-state index is -0.578. The monoisotopic (exact) mass is 285 g/mol. The number of thiophene rings is 1. The lowest BCUT2D eigenvalue weighted by molar-refractivity contribution is 0.177. The third kappa shape index (κ3) is 2.53. The molecule has 4 heteroatoms. The van der Waals surface area contributed by atoms with E-state index in [0.717, 1.165) is 27.1 Å². The van der Waals surface area contributed by atoms with Crippen LogP contribution in [0.4, 0.5) is 0 Å². The van der Waals surface area contributed by atoms with E-state index in [1.165, 1.54) is 0 Å². The summed E-state index contributed by atoms with van der Waals surface area (Å²) in [6.45, 7) is 0. The molecule has 0 fully saturated rings. The van der Waals surface area contributed by atoms with Gasteiger partial charge < -0.3 is 9.84 Å². The number of hydrogen-bond acceptors (Lipinski definition) is 4. The number of nitrogens with zero attached hydrogens (tertiary/aromatic N) is 1. The van der Waals surface area contributed by atoms with E-state index in [1.54, 1.807) is 24.6 Å². The van der Waals surface area contributed by atoms with Gasteiger partial charge in [0.15, 0.2) is 0 Å².